The van der Waals surface area contributed by atoms with Gasteiger partial charge in [-0.15, -0.1) is 0 Å². The van der Waals surface area contributed by atoms with Crippen molar-refractivity contribution in [1.29, 1.82) is 0 Å². The standard InChI is InChI=1S/C21H28O10/c1-9-10(2)17-11(4-6-21(3,31-17)7-5-13(22)23)8-12(9)29-20-16(26)14(24)15(25)18(30-20)19(27)28/h8,14-16,18,20,24-26H,4-7H2,1-3H3,(H,22,23)(H,27,28)/t14-,15-,16+,18-,20+,21?/m0/s1. The Morgan fingerprint density at radius 2 is 1.81 bits per heavy atom. The van der Waals surface area contributed by atoms with Crippen LogP contribution in [0.3, 0.4) is 0 Å². The van der Waals surface area contributed by atoms with Crippen molar-refractivity contribution in [3.63, 3.8) is 0 Å². The van der Waals surface area contributed by atoms with E-state index < -0.39 is 48.2 Å². The number of ether oxygens (including phenoxy) is 3. The molecule has 0 amide bonds. The van der Waals surface area contributed by atoms with Gasteiger partial charge in [0.05, 0.1) is 0 Å². The van der Waals surface area contributed by atoms with Crippen LogP contribution in [0, 0.1) is 13.8 Å². The summed E-state index contributed by atoms with van der Waals surface area (Å²) in [6.45, 7) is 5.45. The molecule has 31 heavy (non-hydrogen) atoms. The van der Waals surface area contributed by atoms with Crippen molar-refractivity contribution in [2.24, 2.45) is 0 Å². The number of aryl methyl sites for hydroxylation is 1. The van der Waals surface area contributed by atoms with Gasteiger partial charge in [0.15, 0.2) is 6.10 Å². The van der Waals surface area contributed by atoms with Gasteiger partial charge in [0.2, 0.25) is 6.29 Å². The van der Waals surface area contributed by atoms with Gasteiger partial charge in [-0.2, -0.15) is 0 Å². The molecule has 1 aromatic rings. The summed E-state index contributed by atoms with van der Waals surface area (Å²) >= 11 is 0. The van der Waals surface area contributed by atoms with Crippen molar-refractivity contribution in [2.45, 2.75) is 82.8 Å². The second-order valence-electron chi connectivity index (χ2n) is 8.41. The number of aliphatic hydroxyl groups excluding tert-OH is 3. The van der Waals surface area contributed by atoms with Crippen LogP contribution >= 0.6 is 0 Å². The number of benzene rings is 1. The van der Waals surface area contributed by atoms with Crippen LogP contribution in [0.1, 0.15) is 42.9 Å². The highest BCUT2D eigenvalue weighted by molar-refractivity contribution is 5.73. The molecule has 1 aromatic carbocycles. The molecule has 0 spiro atoms. The molecule has 5 N–H and O–H groups in total. The minimum absolute atomic E-state index is 0.000880. The number of aliphatic carboxylic acids is 2. The lowest BCUT2D eigenvalue weighted by atomic mass is 9.87. The van der Waals surface area contributed by atoms with Gasteiger partial charge < -0.3 is 39.7 Å². The van der Waals surface area contributed by atoms with E-state index in [0.717, 1.165) is 11.1 Å². The molecule has 2 aliphatic rings. The zero-order valence-corrected chi connectivity index (χ0v) is 17.6. The molecule has 1 fully saturated rings. The first-order valence-corrected chi connectivity index (χ1v) is 10.1. The maximum absolute atomic E-state index is 11.3. The monoisotopic (exact) mass is 440 g/mol. The third-order valence-electron chi connectivity index (χ3n) is 6.07. The van der Waals surface area contributed by atoms with E-state index in [1.165, 1.54) is 0 Å². The average molecular weight is 440 g/mol. The number of carboxylic acid groups (broad SMARTS) is 2. The summed E-state index contributed by atoms with van der Waals surface area (Å²) in [5.41, 5.74) is 1.63. The molecular weight excluding hydrogens is 412 g/mol. The lowest BCUT2D eigenvalue weighted by Gasteiger charge is -2.39. The zero-order chi connectivity index (χ0) is 23.1. The Morgan fingerprint density at radius 1 is 1.13 bits per heavy atom. The van der Waals surface area contributed by atoms with E-state index in [0.29, 0.717) is 36.3 Å². The molecular formula is C21H28O10. The van der Waals surface area contributed by atoms with E-state index >= 15 is 0 Å². The topological polar surface area (TPSA) is 163 Å². The molecule has 2 aliphatic heterocycles. The van der Waals surface area contributed by atoms with E-state index in [1.54, 1.807) is 13.0 Å². The second-order valence-corrected chi connectivity index (χ2v) is 8.41. The number of carbonyl (C=O) groups is 2. The Morgan fingerprint density at radius 3 is 2.42 bits per heavy atom. The Kier molecular flexibility index (Phi) is 6.47. The van der Waals surface area contributed by atoms with E-state index in [4.69, 9.17) is 19.3 Å². The van der Waals surface area contributed by atoms with Crippen LogP contribution in [0.25, 0.3) is 0 Å². The summed E-state index contributed by atoms with van der Waals surface area (Å²) in [5.74, 6) is -1.40. The van der Waals surface area contributed by atoms with Crippen LogP contribution in [-0.4, -0.2) is 73.8 Å². The molecule has 2 heterocycles. The van der Waals surface area contributed by atoms with Gasteiger partial charge in [-0.05, 0) is 62.8 Å². The van der Waals surface area contributed by atoms with Crippen LogP contribution in [-0.2, 0) is 20.7 Å². The van der Waals surface area contributed by atoms with Gasteiger partial charge >= 0.3 is 11.9 Å². The van der Waals surface area contributed by atoms with Crippen LogP contribution in [0.5, 0.6) is 11.5 Å². The number of rotatable bonds is 6. The van der Waals surface area contributed by atoms with Gasteiger partial charge in [0, 0.05) is 6.42 Å². The summed E-state index contributed by atoms with van der Waals surface area (Å²) in [6, 6.07) is 1.71. The average Bonchev–Trinajstić information content (AvgIpc) is 2.71. The SMILES string of the molecule is Cc1c(O[C@@H]2O[C@H](C(=O)O)[C@@H](O)[C@H](O)[C@H]2O)cc2c(c1C)OC(C)(CCC(=O)O)CC2. The molecule has 0 bridgehead atoms. The second kappa shape index (κ2) is 8.62. The van der Waals surface area contributed by atoms with Crippen LogP contribution < -0.4 is 9.47 Å². The minimum atomic E-state index is -1.80. The van der Waals surface area contributed by atoms with Gasteiger partial charge in [0.25, 0.3) is 0 Å². The molecule has 10 nitrogen and oxygen atoms in total. The molecule has 10 heteroatoms. The maximum atomic E-state index is 11.3. The molecule has 0 aliphatic carbocycles. The van der Waals surface area contributed by atoms with E-state index in [-0.39, 0.29) is 6.42 Å². The molecule has 172 valence electrons. The van der Waals surface area contributed by atoms with Crippen LogP contribution in [0.4, 0.5) is 0 Å². The molecule has 0 aromatic heterocycles. The predicted molar refractivity (Wildman–Crippen MR) is 105 cm³/mol. The first-order valence-electron chi connectivity index (χ1n) is 10.1. The highest BCUT2D eigenvalue weighted by Crippen LogP contribution is 2.42. The lowest BCUT2D eigenvalue weighted by molar-refractivity contribution is -0.271. The normalized spacial score (nSPS) is 32.6. The molecule has 3 rings (SSSR count). The Hall–Kier alpha value is -2.40. The fourth-order valence-electron chi connectivity index (χ4n) is 3.90. The highest BCUT2D eigenvalue weighted by Gasteiger charge is 2.48. The smallest absolute Gasteiger partial charge is 0.335 e. The van der Waals surface area contributed by atoms with E-state index in [9.17, 15) is 30.0 Å². The number of hydrogen-bond donors (Lipinski definition) is 5. The Balaban J connectivity index is 1.84. The fraction of sp³-hybridized carbons (Fsp3) is 0.619. The highest BCUT2D eigenvalue weighted by atomic mass is 16.7. The van der Waals surface area contributed by atoms with Gasteiger partial charge in [-0.25, -0.2) is 4.79 Å². The zero-order valence-electron chi connectivity index (χ0n) is 17.6. The summed E-state index contributed by atoms with van der Waals surface area (Å²) < 4.78 is 17.1. The quantitative estimate of drug-likeness (QED) is 0.421. The summed E-state index contributed by atoms with van der Waals surface area (Å²) in [7, 11) is 0. The first-order chi connectivity index (χ1) is 14.4. The molecule has 1 saturated heterocycles. The minimum Gasteiger partial charge on any atom is -0.487 e. The summed E-state index contributed by atoms with van der Waals surface area (Å²) in [5, 5.41) is 48.2. The lowest BCUT2D eigenvalue weighted by Crippen LogP contribution is -2.61. The Bertz CT molecular complexity index is 868. The number of carboxylic acids is 2. The predicted octanol–water partition coefficient (Wildman–Crippen LogP) is 0.523. The third kappa shape index (κ3) is 4.62. The summed E-state index contributed by atoms with van der Waals surface area (Å²) in [4.78, 5) is 22.2. The largest absolute Gasteiger partial charge is 0.487 e. The van der Waals surface area contributed by atoms with Crippen molar-refractivity contribution < 1.29 is 49.3 Å². The fourth-order valence-corrected chi connectivity index (χ4v) is 3.90. The van der Waals surface area contributed by atoms with E-state index in [2.05, 4.69) is 0 Å². The molecule has 0 radical (unpaired) electrons. The molecule has 6 atom stereocenters. The number of aliphatic hydroxyl groups is 3. The summed E-state index contributed by atoms with van der Waals surface area (Å²) in [6.07, 6.45) is -6.87. The number of hydrogen-bond acceptors (Lipinski definition) is 8. The van der Waals surface area contributed by atoms with Gasteiger partial charge in [-0.3, -0.25) is 4.79 Å². The van der Waals surface area contributed by atoms with Crippen LogP contribution in [0.2, 0.25) is 0 Å². The first kappa shape index (κ1) is 23.3. The third-order valence-corrected chi connectivity index (χ3v) is 6.07. The molecule has 1 unspecified atom stereocenters. The van der Waals surface area contributed by atoms with Crippen molar-refractivity contribution >= 4 is 11.9 Å². The van der Waals surface area contributed by atoms with Gasteiger partial charge in [-0.1, -0.05) is 0 Å². The van der Waals surface area contributed by atoms with Crippen molar-refractivity contribution in [3.05, 3.63) is 22.8 Å². The number of fused-ring (bicyclic) bond motifs is 1. The Labute approximate surface area is 179 Å². The van der Waals surface area contributed by atoms with Crippen molar-refractivity contribution in [2.75, 3.05) is 0 Å². The van der Waals surface area contributed by atoms with Crippen molar-refractivity contribution in [3.8, 4) is 11.5 Å². The molecule has 0 saturated carbocycles. The van der Waals surface area contributed by atoms with Crippen LogP contribution in [0.15, 0.2) is 6.07 Å². The van der Waals surface area contributed by atoms with Gasteiger partial charge in [0.1, 0.15) is 35.4 Å². The maximum Gasteiger partial charge on any atom is 0.335 e. The van der Waals surface area contributed by atoms with Crippen molar-refractivity contribution in [1.82, 2.24) is 0 Å². The van der Waals surface area contributed by atoms with E-state index in [1.807, 2.05) is 13.8 Å².